The van der Waals surface area contributed by atoms with E-state index in [0.717, 1.165) is 11.3 Å². The van der Waals surface area contributed by atoms with Gasteiger partial charge in [-0.25, -0.2) is 13.6 Å². The average Bonchev–Trinajstić information content (AvgIpc) is 2.90. The van der Waals surface area contributed by atoms with Crippen LogP contribution in [0.4, 0.5) is 11.4 Å². The quantitative estimate of drug-likeness (QED) is 0.818. The van der Waals surface area contributed by atoms with Crippen LogP contribution >= 0.6 is 0 Å². The molecule has 1 aliphatic rings. The number of amides is 1. The van der Waals surface area contributed by atoms with Gasteiger partial charge in [-0.3, -0.25) is 4.79 Å². The Kier molecular flexibility index (Phi) is 4.86. The van der Waals surface area contributed by atoms with Crippen LogP contribution in [0, 0.1) is 0 Å². The number of hydrazone groups is 1. The lowest BCUT2D eigenvalue weighted by Crippen LogP contribution is -2.21. The molecule has 1 aliphatic heterocycles. The summed E-state index contributed by atoms with van der Waals surface area (Å²) in [4.78, 5) is 14.7. The lowest BCUT2D eigenvalue weighted by molar-refractivity contribution is -0.114. The Labute approximate surface area is 158 Å². The largest absolute Gasteiger partial charge is 0.378 e. The van der Waals surface area contributed by atoms with E-state index in [9.17, 15) is 13.2 Å². The number of carbonyl (C=O) groups excluding carboxylic acids is 1. The first-order chi connectivity index (χ1) is 12.7. The first-order valence-electron chi connectivity index (χ1n) is 8.19. The van der Waals surface area contributed by atoms with E-state index in [0.29, 0.717) is 17.0 Å². The van der Waals surface area contributed by atoms with E-state index in [2.05, 4.69) is 5.10 Å². The van der Waals surface area contributed by atoms with Crippen molar-refractivity contribution in [3.63, 3.8) is 0 Å². The summed E-state index contributed by atoms with van der Waals surface area (Å²) in [6, 6.07) is 13.5. The van der Waals surface area contributed by atoms with Gasteiger partial charge in [-0.05, 0) is 55.0 Å². The van der Waals surface area contributed by atoms with E-state index in [1.165, 1.54) is 29.3 Å². The third kappa shape index (κ3) is 3.91. The van der Waals surface area contributed by atoms with Crippen LogP contribution in [-0.2, 0) is 14.8 Å². The summed E-state index contributed by atoms with van der Waals surface area (Å²) in [5.74, 6) is -0.271. The van der Waals surface area contributed by atoms with E-state index in [1.807, 2.05) is 43.3 Å². The van der Waals surface area contributed by atoms with Gasteiger partial charge >= 0.3 is 0 Å². The lowest BCUT2D eigenvalue weighted by atomic mass is 10.1. The fourth-order valence-electron chi connectivity index (χ4n) is 2.67. The highest BCUT2D eigenvalue weighted by atomic mass is 32.2. The number of anilines is 2. The molecule has 0 aliphatic carbocycles. The summed E-state index contributed by atoms with van der Waals surface area (Å²) in [5, 5.41) is 10.6. The van der Waals surface area contributed by atoms with E-state index >= 15 is 0 Å². The average molecular weight is 384 g/mol. The predicted octanol–water partition coefficient (Wildman–Crippen LogP) is 2.21. The van der Waals surface area contributed by atoms with Crippen LogP contribution in [0.1, 0.15) is 12.5 Å². The minimum atomic E-state index is -3.78. The number of sulfonamides is 1. The molecule has 0 saturated heterocycles. The van der Waals surface area contributed by atoms with Crippen molar-refractivity contribution in [2.24, 2.45) is 10.2 Å². The minimum absolute atomic E-state index is 0.0182. The Morgan fingerprint density at radius 2 is 1.63 bits per heavy atom. The topological polar surface area (TPSA) is 96.1 Å². The Morgan fingerprint density at radius 1 is 1.04 bits per heavy atom. The third-order valence-electron chi connectivity index (χ3n) is 4.19. The molecule has 2 N–H and O–H groups in total. The highest BCUT2D eigenvalue weighted by Gasteiger charge is 2.28. The van der Waals surface area contributed by atoms with Gasteiger partial charge in [0.2, 0.25) is 10.0 Å². The number of hydrogen-bond donors (Lipinski definition) is 1. The first kappa shape index (κ1) is 18.8. The van der Waals surface area contributed by atoms with Gasteiger partial charge in [-0.1, -0.05) is 12.1 Å². The van der Waals surface area contributed by atoms with Crippen molar-refractivity contribution in [1.29, 1.82) is 0 Å². The second-order valence-electron chi connectivity index (χ2n) is 6.39. The highest BCUT2D eigenvalue weighted by molar-refractivity contribution is 7.89. The molecule has 0 unspecified atom stereocenters. The molecule has 0 radical (unpaired) electrons. The molecule has 2 aromatic rings. The van der Waals surface area contributed by atoms with Crippen LogP contribution in [0.5, 0.6) is 0 Å². The molecule has 27 heavy (non-hydrogen) atoms. The van der Waals surface area contributed by atoms with Gasteiger partial charge in [0.05, 0.1) is 21.9 Å². The van der Waals surface area contributed by atoms with Crippen LogP contribution < -0.4 is 15.0 Å². The monoisotopic (exact) mass is 384 g/mol. The highest BCUT2D eigenvalue weighted by Crippen LogP contribution is 2.26. The van der Waals surface area contributed by atoms with Crippen LogP contribution in [0.2, 0.25) is 0 Å². The number of benzene rings is 2. The maximum absolute atomic E-state index is 12.8. The summed E-state index contributed by atoms with van der Waals surface area (Å²) in [6.45, 7) is 1.76. The fourth-order valence-corrected chi connectivity index (χ4v) is 3.19. The van der Waals surface area contributed by atoms with E-state index in [1.54, 1.807) is 13.0 Å². The molecular weight excluding hydrogens is 364 g/mol. The number of nitrogens with two attached hydrogens (primary N) is 1. The maximum atomic E-state index is 12.8. The van der Waals surface area contributed by atoms with Crippen molar-refractivity contribution in [2.45, 2.75) is 11.8 Å². The van der Waals surface area contributed by atoms with E-state index in [-0.39, 0.29) is 10.8 Å². The van der Waals surface area contributed by atoms with Crippen molar-refractivity contribution >= 4 is 39.1 Å². The van der Waals surface area contributed by atoms with Crippen LogP contribution in [0.25, 0.3) is 6.08 Å². The molecule has 0 spiro atoms. The van der Waals surface area contributed by atoms with Crippen molar-refractivity contribution in [1.82, 2.24) is 0 Å². The Balaban J connectivity index is 1.87. The van der Waals surface area contributed by atoms with Crippen molar-refractivity contribution in [2.75, 3.05) is 24.0 Å². The Hall–Kier alpha value is -2.97. The second kappa shape index (κ2) is 6.98. The first-order valence-corrected chi connectivity index (χ1v) is 9.73. The lowest BCUT2D eigenvalue weighted by Gasteiger charge is -2.12. The zero-order chi connectivity index (χ0) is 19.8. The standard InChI is InChI=1S/C19H20N4O3S/c1-13-18(12-14-4-6-15(7-5-14)22(2)3)19(24)23(21-13)16-8-10-17(11-9-16)27(20,25)26/h4-12H,1-3H3,(H2,20,25,26)/b18-12+. The fraction of sp³-hybridized carbons (Fsp3) is 0.158. The van der Waals surface area contributed by atoms with Crippen LogP contribution in [-0.4, -0.2) is 34.1 Å². The zero-order valence-corrected chi connectivity index (χ0v) is 16.1. The van der Waals surface area contributed by atoms with Gasteiger partial charge in [0, 0.05) is 19.8 Å². The van der Waals surface area contributed by atoms with Gasteiger partial charge < -0.3 is 4.90 Å². The molecule has 0 aromatic heterocycles. The third-order valence-corrected chi connectivity index (χ3v) is 5.12. The summed E-state index contributed by atoms with van der Waals surface area (Å²) in [6.07, 6.45) is 1.79. The molecule has 140 valence electrons. The molecule has 0 atom stereocenters. The van der Waals surface area contributed by atoms with Gasteiger partial charge in [0.15, 0.2) is 0 Å². The molecule has 0 fully saturated rings. The Bertz CT molecular complexity index is 1040. The molecule has 3 rings (SSSR count). The zero-order valence-electron chi connectivity index (χ0n) is 15.2. The molecular formula is C19H20N4O3S. The second-order valence-corrected chi connectivity index (χ2v) is 7.95. The summed E-state index contributed by atoms with van der Waals surface area (Å²) < 4.78 is 22.7. The molecule has 8 heteroatoms. The smallest absolute Gasteiger partial charge is 0.280 e. The number of nitrogens with zero attached hydrogens (tertiary/aromatic N) is 3. The van der Waals surface area contributed by atoms with Crippen molar-refractivity contribution in [3.8, 4) is 0 Å². The maximum Gasteiger partial charge on any atom is 0.280 e. The van der Waals surface area contributed by atoms with Crippen LogP contribution in [0.3, 0.4) is 0 Å². The van der Waals surface area contributed by atoms with Gasteiger partial charge in [-0.15, -0.1) is 0 Å². The van der Waals surface area contributed by atoms with E-state index < -0.39 is 10.0 Å². The molecule has 7 nitrogen and oxygen atoms in total. The molecule has 1 amide bonds. The van der Waals surface area contributed by atoms with Crippen molar-refractivity contribution < 1.29 is 13.2 Å². The number of primary sulfonamides is 1. The minimum Gasteiger partial charge on any atom is -0.378 e. The summed E-state index contributed by atoms with van der Waals surface area (Å²) in [7, 11) is 0.142. The SMILES string of the molecule is CC1=NN(c2ccc(S(N)(=O)=O)cc2)C(=O)/C1=C/c1ccc(N(C)C)cc1. The predicted molar refractivity (Wildman–Crippen MR) is 107 cm³/mol. The molecule has 0 saturated carbocycles. The number of rotatable bonds is 4. The molecule has 0 bridgehead atoms. The molecule has 1 heterocycles. The van der Waals surface area contributed by atoms with Crippen LogP contribution in [0.15, 0.2) is 64.1 Å². The van der Waals surface area contributed by atoms with Gasteiger partial charge in [0.25, 0.3) is 5.91 Å². The number of hydrogen-bond acceptors (Lipinski definition) is 5. The normalized spacial score (nSPS) is 16.0. The van der Waals surface area contributed by atoms with Crippen molar-refractivity contribution in [3.05, 3.63) is 59.7 Å². The summed E-state index contributed by atoms with van der Waals surface area (Å²) in [5.41, 5.74) is 3.51. The van der Waals surface area contributed by atoms with Gasteiger partial charge in [-0.2, -0.15) is 10.1 Å². The molecule has 2 aromatic carbocycles. The summed E-state index contributed by atoms with van der Waals surface area (Å²) >= 11 is 0. The number of carbonyl (C=O) groups is 1. The van der Waals surface area contributed by atoms with Gasteiger partial charge in [0.1, 0.15) is 0 Å². The van der Waals surface area contributed by atoms with E-state index in [4.69, 9.17) is 5.14 Å². The Morgan fingerprint density at radius 3 is 2.15 bits per heavy atom.